The van der Waals surface area contributed by atoms with Gasteiger partial charge in [0.05, 0.1) is 5.69 Å². The molecule has 0 spiro atoms. The van der Waals surface area contributed by atoms with Crippen LogP contribution < -0.4 is 14.7 Å². The first-order valence-corrected chi connectivity index (χ1v) is 10.7. The van der Waals surface area contributed by atoms with Crippen LogP contribution in [0.25, 0.3) is 0 Å². The molecular weight excluding hydrogens is 406 g/mol. The summed E-state index contributed by atoms with van der Waals surface area (Å²) < 4.78 is 0. The highest BCUT2D eigenvalue weighted by Gasteiger charge is 2.21. The third-order valence-electron chi connectivity index (χ3n) is 5.21. The summed E-state index contributed by atoms with van der Waals surface area (Å²) in [7, 11) is 4.07. The first-order chi connectivity index (χ1) is 15.0. The Balaban J connectivity index is 0.000000254. The molecule has 1 fully saturated rings. The summed E-state index contributed by atoms with van der Waals surface area (Å²) >= 11 is 6.11. The molecule has 0 unspecified atom stereocenters. The van der Waals surface area contributed by atoms with Crippen LogP contribution >= 0.6 is 11.6 Å². The number of rotatable bonds is 3. The van der Waals surface area contributed by atoms with E-state index in [1.54, 1.807) is 0 Å². The van der Waals surface area contributed by atoms with E-state index in [1.807, 2.05) is 51.4 Å². The molecule has 6 heteroatoms. The van der Waals surface area contributed by atoms with Crippen molar-refractivity contribution in [2.45, 2.75) is 6.92 Å². The Morgan fingerprint density at radius 1 is 0.903 bits per heavy atom. The number of benzene rings is 2. The van der Waals surface area contributed by atoms with Crippen molar-refractivity contribution < 1.29 is 0 Å². The van der Waals surface area contributed by atoms with E-state index in [1.165, 1.54) is 11.4 Å². The lowest BCUT2D eigenvalue weighted by molar-refractivity contribution is 0.652. The number of nitrogens with zero attached hydrogens (tertiary/aromatic N) is 5. The average Bonchev–Trinajstić information content (AvgIpc) is 2.80. The number of halogens is 1. The molecule has 160 valence electrons. The predicted octanol–water partition coefficient (Wildman–Crippen LogP) is 4.99. The summed E-state index contributed by atoms with van der Waals surface area (Å²) in [6.45, 7) is 5.48. The number of pyridine rings is 1. The van der Waals surface area contributed by atoms with Crippen LogP contribution in [-0.4, -0.2) is 45.3 Å². The van der Waals surface area contributed by atoms with Gasteiger partial charge in [0.2, 0.25) is 0 Å². The Hall–Kier alpha value is -3.23. The summed E-state index contributed by atoms with van der Waals surface area (Å²) in [5.41, 5.74) is 4.70. The fraction of sp³-hybridized carbons (Fsp3) is 0.280. The number of hydrogen-bond donors (Lipinski definition) is 0. The molecule has 3 aromatic rings. The molecule has 0 bridgehead atoms. The molecule has 31 heavy (non-hydrogen) atoms. The standard InChI is InChI=1S/C17H17ClN4.C8H11N/c1-13-11-16(15(12-19)17(18)20-13)22-9-7-21(8-10-22)14-5-3-2-4-6-14;1-9(2)8-6-4-3-5-7-8/h2-6,11H,7-10H2,1H3;3-7H,1-2H3. The smallest absolute Gasteiger partial charge is 0.149 e. The number of aryl methyl sites for hydroxylation is 1. The van der Waals surface area contributed by atoms with Crippen LogP contribution in [0, 0.1) is 18.3 Å². The van der Waals surface area contributed by atoms with E-state index in [0.29, 0.717) is 10.7 Å². The average molecular weight is 434 g/mol. The summed E-state index contributed by atoms with van der Waals surface area (Å²) in [5.74, 6) is 0. The Bertz CT molecular complexity index is 1010. The minimum absolute atomic E-state index is 0.294. The van der Waals surface area contributed by atoms with Gasteiger partial charge in [-0.15, -0.1) is 0 Å². The van der Waals surface area contributed by atoms with Crippen molar-refractivity contribution in [2.24, 2.45) is 0 Å². The number of anilines is 3. The third-order valence-corrected chi connectivity index (χ3v) is 5.48. The zero-order valence-electron chi connectivity index (χ0n) is 18.3. The van der Waals surface area contributed by atoms with E-state index in [2.05, 4.69) is 62.2 Å². The van der Waals surface area contributed by atoms with E-state index in [4.69, 9.17) is 11.6 Å². The van der Waals surface area contributed by atoms with Crippen molar-refractivity contribution >= 4 is 28.7 Å². The molecule has 1 saturated heterocycles. The van der Waals surface area contributed by atoms with Gasteiger partial charge in [-0.2, -0.15) is 5.26 Å². The molecule has 0 N–H and O–H groups in total. The molecule has 2 heterocycles. The Morgan fingerprint density at radius 2 is 1.45 bits per heavy atom. The second-order valence-corrected chi connectivity index (χ2v) is 7.96. The molecule has 1 aliphatic rings. The molecular formula is C25H28ClN5. The summed E-state index contributed by atoms with van der Waals surface area (Å²) in [6, 6.07) is 24.8. The van der Waals surface area contributed by atoms with Crippen LogP contribution in [-0.2, 0) is 0 Å². The van der Waals surface area contributed by atoms with Gasteiger partial charge in [-0.25, -0.2) is 4.98 Å². The maximum absolute atomic E-state index is 9.34. The Labute approximate surface area is 190 Å². The van der Waals surface area contributed by atoms with Gasteiger partial charge < -0.3 is 14.7 Å². The number of piperazine rings is 1. The Morgan fingerprint density at radius 3 is 1.97 bits per heavy atom. The highest BCUT2D eigenvalue weighted by Crippen LogP contribution is 2.28. The fourth-order valence-corrected chi connectivity index (χ4v) is 3.81. The zero-order valence-corrected chi connectivity index (χ0v) is 19.0. The lowest BCUT2D eigenvalue weighted by atomic mass is 10.1. The molecule has 5 nitrogen and oxygen atoms in total. The topological polar surface area (TPSA) is 46.4 Å². The van der Waals surface area contributed by atoms with Crippen LogP contribution in [0.15, 0.2) is 66.7 Å². The first kappa shape index (κ1) is 22.5. The minimum atomic E-state index is 0.294. The lowest BCUT2D eigenvalue weighted by Crippen LogP contribution is -2.46. The molecule has 0 atom stereocenters. The number of para-hydroxylation sites is 2. The van der Waals surface area contributed by atoms with Crippen LogP contribution in [0.4, 0.5) is 17.1 Å². The van der Waals surface area contributed by atoms with Crippen molar-refractivity contribution in [1.82, 2.24) is 4.98 Å². The highest BCUT2D eigenvalue weighted by atomic mass is 35.5. The van der Waals surface area contributed by atoms with Gasteiger partial charge in [0, 0.05) is 57.3 Å². The largest absolute Gasteiger partial charge is 0.378 e. The van der Waals surface area contributed by atoms with Crippen LogP contribution in [0.1, 0.15) is 11.3 Å². The van der Waals surface area contributed by atoms with Gasteiger partial charge in [-0.3, -0.25) is 0 Å². The third kappa shape index (κ3) is 5.90. The summed E-state index contributed by atoms with van der Waals surface area (Å²) in [5, 5.41) is 9.63. The van der Waals surface area contributed by atoms with Gasteiger partial charge in [0.15, 0.2) is 0 Å². The minimum Gasteiger partial charge on any atom is -0.378 e. The molecule has 4 rings (SSSR count). The normalized spacial score (nSPS) is 13.1. The van der Waals surface area contributed by atoms with Gasteiger partial charge in [0.25, 0.3) is 0 Å². The van der Waals surface area contributed by atoms with Crippen LogP contribution in [0.3, 0.4) is 0 Å². The summed E-state index contributed by atoms with van der Waals surface area (Å²) in [4.78, 5) is 10.8. The Kier molecular flexibility index (Phi) is 7.75. The molecule has 0 saturated carbocycles. The quantitative estimate of drug-likeness (QED) is 0.544. The van der Waals surface area contributed by atoms with Crippen molar-refractivity contribution in [2.75, 3.05) is 55.0 Å². The van der Waals surface area contributed by atoms with Crippen molar-refractivity contribution in [3.63, 3.8) is 0 Å². The maximum atomic E-state index is 9.34. The van der Waals surface area contributed by atoms with Crippen molar-refractivity contribution in [3.05, 3.63) is 83.1 Å². The zero-order chi connectivity index (χ0) is 22.2. The van der Waals surface area contributed by atoms with Crippen molar-refractivity contribution in [1.29, 1.82) is 5.26 Å². The number of hydrogen-bond acceptors (Lipinski definition) is 5. The predicted molar refractivity (Wildman–Crippen MR) is 130 cm³/mol. The maximum Gasteiger partial charge on any atom is 0.149 e. The fourth-order valence-electron chi connectivity index (χ4n) is 3.54. The van der Waals surface area contributed by atoms with E-state index in [9.17, 15) is 5.26 Å². The second kappa shape index (κ2) is 10.7. The highest BCUT2D eigenvalue weighted by molar-refractivity contribution is 6.31. The monoisotopic (exact) mass is 433 g/mol. The first-order valence-electron chi connectivity index (χ1n) is 10.3. The van der Waals surface area contributed by atoms with Crippen molar-refractivity contribution in [3.8, 4) is 6.07 Å². The lowest BCUT2D eigenvalue weighted by Gasteiger charge is -2.37. The van der Waals surface area contributed by atoms with Gasteiger partial charge in [0.1, 0.15) is 16.8 Å². The number of nitriles is 1. The van der Waals surface area contributed by atoms with E-state index in [0.717, 1.165) is 37.6 Å². The van der Waals surface area contributed by atoms with Gasteiger partial charge in [-0.05, 0) is 37.3 Å². The van der Waals surface area contributed by atoms with Crippen LogP contribution in [0.2, 0.25) is 5.15 Å². The second-order valence-electron chi connectivity index (χ2n) is 7.60. The molecule has 1 aliphatic heterocycles. The van der Waals surface area contributed by atoms with Gasteiger partial charge in [-0.1, -0.05) is 48.0 Å². The molecule has 1 aromatic heterocycles. The molecule has 0 radical (unpaired) electrons. The van der Waals surface area contributed by atoms with E-state index in [-0.39, 0.29) is 0 Å². The molecule has 0 aliphatic carbocycles. The van der Waals surface area contributed by atoms with E-state index >= 15 is 0 Å². The molecule has 2 aromatic carbocycles. The van der Waals surface area contributed by atoms with Gasteiger partial charge >= 0.3 is 0 Å². The summed E-state index contributed by atoms with van der Waals surface area (Å²) in [6.07, 6.45) is 0. The van der Waals surface area contributed by atoms with Crippen LogP contribution in [0.5, 0.6) is 0 Å². The van der Waals surface area contributed by atoms with E-state index < -0.39 is 0 Å². The molecule has 0 amide bonds. The SMILES string of the molecule is CN(C)c1ccccc1.Cc1cc(N2CCN(c3ccccc3)CC2)c(C#N)c(Cl)n1. The number of aromatic nitrogens is 1.